The van der Waals surface area contributed by atoms with Crippen molar-refractivity contribution >= 4 is 17.8 Å². The number of benzene rings is 2. The summed E-state index contributed by atoms with van der Waals surface area (Å²) in [5.41, 5.74) is 1.70. The van der Waals surface area contributed by atoms with Crippen molar-refractivity contribution in [1.29, 1.82) is 0 Å². The monoisotopic (exact) mass is 443 g/mol. The highest BCUT2D eigenvalue weighted by Gasteiger charge is 2.34. The van der Waals surface area contributed by atoms with Crippen LogP contribution < -0.4 is 10.1 Å². The average Bonchev–Trinajstić information content (AvgIpc) is 2.74. The van der Waals surface area contributed by atoms with Gasteiger partial charge in [0.05, 0.1) is 7.11 Å². The topological polar surface area (TPSA) is 111 Å². The number of hydrogen-bond acceptors (Lipinski definition) is 7. The number of amides is 1. The minimum atomic E-state index is -1.04. The highest BCUT2D eigenvalue weighted by Crippen LogP contribution is 2.33. The molecule has 0 saturated carbocycles. The zero-order chi connectivity index (χ0) is 23.7. The molecule has 0 spiro atoms. The van der Waals surface area contributed by atoms with E-state index in [4.69, 9.17) is 14.2 Å². The first kappa shape index (κ1) is 24.7. The van der Waals surface area contributed by atoms with E-state index in [0.29, 0.717) is 18.6 Å². The predicted octanol–water partition coefficient (Wildman–Crippen LogP) is 3.00. The van der Waals surface area contributed by atoms with E-state index >= 15 is 0 Å². The summed E-state index contributed by atoms with van der Waals surface area (Å²) in [6, 6.07) is 12.7. The molecule has 2 rings (SSSR count). The van der Waals surface area contributed by atoms with E-state index < -0.39 is 17.5 Å². The Balaban J connectivity index is 2.21. The summed E-state index contributed by atoms with van der Waals surface area (Å²) in [5, 5.41) is 12.5. The van der Waals surface area contributed by atoms with Crippen molar-refractivity contribution in [2.75, 3.05) is 20.3 Å². The van der Waals surface area contributed by atoms with Gasteiger partial charge in [-0.2, -0.15) is 0 Å². The smallest absolute Gasteiger partial charge is 0.302 e. The number of rotatable bonds is 10. The number of hydrogen-bond donors (Lipinski definition) is 2. The maximum absolute atomic E-state index is 11.8. The van der Waals surface area contributed by atoms with Crippen molar-refractivity contribution in [3.8, 4) is 22.6 Å². The maximum atomic E-state index is 11.8. The second kappa shape index (κ2) is 11.2. The van der Waals surface area contributed by atoms with Gasteiger partial charge in [-0.05, 0) is 36.1 Å². The van der Waals surface area contributed by atoms with Crippen LogP contribution in [-0.2, 0) is 30.3 Å². The molecule has 32 heavy (non-hydrogen) atoms. The number of phenols is 1. The third kappa shape index (κ3) is 7.30. The van der Waals surface area contributed by atoms with E-state index in [-0.39, 0.29) is 24.9 Å². The largest absolute Gasteiger partial charge is 0.508 e. The molecule has 1 amide bonds. The lowest BCUT2D eigenvalue weighted by molar-refractivity contribution is -0.150. The van der Waals surface area contributed by atoms with Gasteiger partial charge in [-0.1, -0.05) is 24.3 Å². The number of phenolic OH excluding ortho intramolecular Hbond substituents is 1. The molecule has 0 radical (unpaired) electrons. The molecule has 2 aromatic carbocycles. The van der Waals surface area contributed by atoms with Crippen molar-refractivity contribution in [2.45, 2.75) is 39.2 Å². The van der Waals surface area contributed by atoms with Crippen LogP contribution in [0.25, 0.3) is 11.1 Å². The second-order valence-electron chi connectivity index (χ2n) is 7.60. The first-order valence-corrected chi connectivity index (χ1v) is 10.2. The van der Waals surface area contributed by atoms with Crippen LogP contribution in [-0.4, -0.2) is 48.8 Å². The van der Waals surface area contributed by atoms with Gasteiger partial charge in [-0.15, -0.1) is 0 Å². The number of nitrogens with one attached hydrogen (secondary N) is 1. The summed E-state index contributed by atoms with van der Waals surface area (Å²) < 4.78 is 15.7. The van der Waals surface area contributed by atoms with Crippen LogP contribution in [0, 0.1) is 0 Å². The molecule has 2 N–H and O–H groups in total. The van der Waals surface area contributed by atoms with Crippen LogP contribution in [0.15, 0.2) is 42.5 Å². The van der Waals surface area contributed by atoms with Gasteiger partial charge >= 0.3 is 11.9 Å². The minimum absolute atomic E-state index is 0.113. The fourth-order valence-electron chi connectivity index (χ4n) is 3.33. The Morgan fingerprint density at radius 2 is 1.53 bits per heavy atom. The summed E-state index contributed by atoms with van der Waals surface area (Å²) >= 11 is 0. The Morgan fingerprint density at radius 3 is 2.03 bits per heavy atom. The van der Waals surface area contributed by atoms with Gasteiger partial charge in [0.1, 0.15) is 30.3 Å². The maximum Gasteiger partial charge on any atom is 0.302 e. The lowest BCUT2D eigenvalue weighted by atomic mass is 9.91. The van der Waals surface area contributed by atoms with Gasteiger partial charge in [0, 0.05) is 32.4 Å². The molecule has 8 nitrogen and oxygen atoms in total. The third-order valence-electron chi connectivity index (χ3n) is 4.89. The molecular weight excluding hydrogens is 414 g/mol. The molecule has 0 aromatic heterocycles. The van der Waals surface area contributed by atoms with E-state index in [1.165, 1.54) is 20.8 Å². The zero-order valence-corrected chi connectivity index (χ0v) is 18.8. The number of aromatic hydroxyl groups is 1. The van der Waals surface area contributed by atoms with Crippen LogP contribution >= 0.6 is 0 Å². The Labute approximate surface area is 187 Å². The van der Waals surface area contributed by atoms with E-state index in [2.05, 4.69) is 5.32 Å². The van der Waals surface area contributed by atoms with E-state index in [9.17, 15) is 19.5 Å². The Hall–Kier alpha value is -3.55. The Kier molecular flexibility index (Phi) is 8.63. The van der Waals surface area contributed by atoms with Crippen molar-refractivity contribution in [1.82, 2.24) is 5.32 Å². The Bertz CT molecular complexity index is 935. The minimum Gasteiger partial charge on any atom is -0.508 e. The standard InChI is InChI=1S/C24H29NO7/c1-16(26)25-24(14-31-17(2)27,15-32-18(3)28)12-11-19-5-7-20(8-6-19)22-10-9-21(29)13-23(22)30-4/h5-10,13,29H,11-12,14-15H2,1-4H3,(H,25,26). The molecule has 2 aromatic rings. The normalized spacial score (nSPS) is 10.9. The molecule has 8 heteroatoms. The highest BCUT2D eigenvalue weighted by molar-refractivity contribution is 5.74. The van der Waals surface area contributed by atoms with Crippen LogP contribution in [0.2, 0.25) is 0 Å². The SMILES string of the molecule is COc1cc(O)ccc1-c1ccc(CCC(COC(C)=O)(COC(C)=O)NC(C)=O)cc1. The first-order chi connectivity index (χ1) is 15.1. The lowest BCUT2D eigenvalue weighted by Gasteiger charge is -2.33. The molecule has 0 saturated heterocycles. The summed E-state index contributed by atoms with van der Waals surface area (Å²) in [4.78, 5) is 34.6. The fraction of sp³-hybridized carbons (Fsp3) is 0.375. The quantitative estimate of drug-likeness (QED) is 0.543. The molecule has 0 aliphatic heterocycles. The van der Waals surface area contributed by atoms with Crippen LogP contribution in [0.3, 0.4) is 0 Å². The fourth-order valence-corrected chi connectivity index (χ4v) is 3.33. The van der Waals surface area contributed by atoms with Crippen LogP contribution in [0.1, 0.15) is 32.8 Å². The summed E-state index contributed by atoms with van der Waals surface area (Å²) in [7, 11) is 1.54. The van der Waals surface area contributed by atoms with Crippen molar-refractivity contribution in [2.24, 2.45) is 0 Å². The molecule has 0 heterocycles. The number of methoxy groups -OCH3 is 1. The number of carbonyl (C=O) groups excluding carboxylic acids is 3. The van der Waals surface area contributed by atoms with Crippen LogP contribution in [0.4, 0.5) is 0 Å². The highest BCUT2D eigenvalue weighted by atomic mass is 16.5. The number of esters is 2. The van der Waals surface area contributed by atoms with Crippen molar-refractivity contribution < 1.29 is 33.7 Å². The van der Waals surface area contributed by atoms with Crippen molar-refractivity contribution in [3.05, 3.63) is 48.0 Å². The molecule has 0 fully saturated rings. The zero-order valence-electron chi connectivity index (χ0n) is 18.8. The second-order valence-corrected chi connectivity index (χ2v) is 7.60. The summed E-state index contributed by atoms with van der Waals surface area (Å²) in [6.45, 7) is 3.69. The number of ether oxygens (including phenoxy) is 3. The first-order valence-electron chi connectivity index (χ1n) is 10.2. The van der Waals surface area contributed by atoms with Crippen LogP contribution in [0.5, 0.6) is 11.5 Å². The molecule has 0 unspecified atom stereocenters. The van der Waals surface area contributed by atoms with Gasteiger partial charge in [0.15, 0.2) is 0 Å². The van der Waals surface area contributed by atoms with Crippen molar-refractivity contribution in [3.63, 3.8) is 0 Å². The Morgan fingerprint density at radius 1 is 0.938 bits per heavy atom. The number of aryl methyl sites for hydroxylation is 1. The summed E-state index contributed by atoms with van der Waals surface area (Å²) in [5.74, 6) is -0.620. The van der Waals surface area contributed by atoms with Gasteiger partial charge in [-0.3, -0.25) is 14.4 Å². The van der Waals surface area contributed by atoms with Gasteiger partial charge in [-0.25, -0.2) is 0 Å². The van der Waals surface area contributed by atoms with Gasteiger partial charge in [0.25, 0.3) is 0 Å². The molecular formula is C24H29NO7. The van der Waals surface area contributed by atoms with E-state index in [1.54, 1.807) is 25.3 Å². The number of carbonyl (C=O) groups is 3. The summed E-state index contributed by atoms with van der Waals surface area (Å²) in [6.07, 6.45) is 0.921. The van der Waals surface area contributed by atoms with Gasteiger partial charge < -0.3 is 24.6 Å². The van der Waals surface area contributed by atoms with E-state index in [0.717, 1.165) is 16.7 Å². The third-order valence-corrected chi connectivity index (χ3v) is 4.89. The average molecular weight is 443 g/mol. The molecule has 0 aliphatic carbocycles. The van der Waals surface area contributed by atoms with Gasteiger partial charge in [0.2, 0.25) is 5.91 Å². The lowest BCUT2D eigenvalue weighted by Crippen LogP contribution is -2.55. The molecule has 0 atom stereocenters. The molecule has 0 aliphatic rings. The molecule has 172 valence electrons. The van der Waals surface area contributed by atoms with E-state index in [1.807, 2.05) is 24.3 Å². The predicted molar refractivity (Wildman–Crippen MR) is 118 cm³/mol. The molecule has 0 bridgehead atoms.